The summed E-state index contributed by atoms with van der Waals surface area (Å²) in [6.45, 7) is 4.51. The van der Waals surface area contributed by atoms with Crippen LogP contribution in [-0.4, -0.2) is 39.6 Å². The molecule has 0 fully saturated rings. The molecule has 0 aliphatic rings. The second-order valence-electron chi connectivity index (χ2n) is 5.27. The molecule has 0 atom stereocenters. The van der Waals surface area contributed by atoms with Gasteiger partial charge in [-0.05, 0) is 26.0 Å². The van der Waals surface area contributed by atoms with E-state index in [1.807, 2.05) is 19.9 Å². The molecule has 0 aliphatic heterocycles. The molecular weight excluding hydrogens is 342 g/mol. The summed E-state index contributed by atoms with van der Waals surface area (Å²) in [6, 6.07) is 8.26. The van der Waals surface area contributed by atoms with Gasteiger partial charge >= 0.3 is 0 Å². The molecule has 1 heterocycles. The number of thioether (sulfide) groups is 1. The smallest absolute Gasteiger partial charge is 0.292 e. The van der Waals surface area contributed by atoms with Crippen molar-refractivity contribution in [3.05, 3.63) is 51.8 Å². The van der Waals surface area contributed by atoms with Gasteiger partial charge in [-0.2, -0.15) is 0 Å². The molecule has 0 radical (unpaired) electrons. The summed E-state index contributed by atoms with van der Waals surface area (Å²) < 4.78 is 0. The summed E-state index contributed by atoms with van der Waals surface area (Å²) in [6.07, 6.45) is 0. The molecule has 8 nitrogen and oxygen atoms in total. The maximum absolute atomic E-state index is 11.8. The van der Waals surface area contributed by atoms with Crippen LogP contribution < -0.4 is 10.6 Å². The van der Waals surface area contributed by atoms with Gasteiger partial charge in [0.15, 0.2) is 5.16 Å². The number of amides is 1. The first-order valence-corrected chi connectivity index (χ1v) is 8.63. The van der Waals surface area contributed by atoms with E-state index in [0.717, 1.165) is 11.4 Å². The molecule has 25 heavy (non-hydrogen) atoms. The van der Waals surface area contributed by atoms with Gasteiger partial charge in [-0.3, -0.25) is 14.9 Å². The third kappa shape index (κ3) is 6.03. The van der Waals surface area contributed by atoms with Gasteiger partial charge in [0.05, 0.1) is 10.7 Å². The third-order valence-corrected chi connectivity index (χ3v) is 4.00. The lowest BCUT2D eigenvalue weighted by atomic mass is 10.2. The van der Waals surface area contributed by atoms with Gasteiger partial charge in [0.25, 0.3) is 5.69 Å². The highest BCUT2D eigenvalue weighted by Crippen LogP contribution is 2.22. The second-order valence-corrected chi connectivity index (χ2v) is 6.22. The second kappa shape index (κ2) is 8.97. The zero-order valence-electron chi connectivity index (χ0n) is 14.0. The van der Waals surface area contributed by atoms with E-state index in [1.54, 1.807) is 18.2 Å². The van der Waals surface area contributed by atoms with Crippen molar-refractivity contribution in [2.24, 2.45) is 0 Å². The van der Waals surface area contributed by atoms with E-state index >= 15 is 0 Å². The van der Waals surface area contributed by atoms with Gasteiger partial charge in [0.2, 0.25) is 5.91 Å². The van der Waals surface area contributed by atoms with Crippen molar-refractivity contribution in [1.29, 1.82) is 0 Å². The maximum atomic E-state index is 11.8. The highest BCUT2D eigenvalue weighted by atomic mass is 32.2. The fourth-order valence-electron chi connectivity index (χ4n) is 2.12. The summed E-state index contributed by atoms with van der Waals surface area (Å²) in [5.74, 6) is 0.0751. The Bertz CT molecular complexity index is 749. The van der Waals surface area contributed by atoms with E-state index < -0.39 is 4.92 Å². The molecule has 132 valence electrons. The van der Waals surface area contributed by atoms with Crippen molar-refractivity contribution in [1.82, 2.24) is 15.3 Å². The fourth-order valence-corrected chi connectivity index (χ4v) is 2.90. The Hall–Kier alpha value is -2.68. The van der Waals surface area contributed by atoms with Crippen molar-refractivity contribution in [2.75, 3.05) is 24.2 Å². The molecule has 2 rings (SSSR count). The molecule has 0 saturated heterocycles. The lowest BCUT2D eigenvalue weighted by Crippen LogP contribution is -2.30. The number of carbonyl (C=O) groups excluding carboxylic acids is 1. The lowest BCUT2D eigenvalue weighted by molar-refractivity contribution is -0.384. The predicted octanol–water partition coefficient (Wildman–Crippen LogP) is 2.32. The zero-order chi connectivity index (χ0) is 18.2. The molecule has 2 N–H and O–H groups in total. The van der Waals surface area contributed by atoms with Crippen LogP contribution in [0.2, 0.25) is 0 Å². The molecule has 1 aromatic heterocycles. The van der Waals surface area contributed by atoms with Crippen LogP contribution in [0, 0.1) is 24.0 Å². The Morgan fingerprint density at radius 2 is 1.88 bits per heavy atom. The Balaban J connectivity index is 1.73. The van der Waals surface area contributed by atoms with Crippen LogP contribution in [0.1, 0.15) is 11.4 Å². The summed E-state index contributed by atoms with van der Waals surface area (Å²) in [5.41, 5.74) is 2.17. The van der Waals surface area contributed by atoms with Gasteiger partial charge in [-0.25, -0.2) is 9.97 Å². The largest absolute Gasteiger partial charge is 0.378 e. The molecular formula is C16H19N5O3S. The third-order valence-electron chi connectivity index (χ3n) is 3.16. The average Bonchev–Trinajstić information content (AvgIpc) is 2.56. The molecule has 1 aromatic carbocycles. The quantitative estimate of drug-likeness (QED) is 0.244. The van der Waals surface area contributed by atoms with Crippen molar-refractivity contribution in [3.63, 3.8) is 0 Å². The highest BCUT2D eigenvalue weighted by Gasteiger charge is 2.11. The minimum Gasteiger partial charge on any atom is -0.378 e. The highest BCUT2D eigenvalue weighted by molar-refractivity contribution is 7.99. The zero-order valence-corrected chi connectivity index (χ0v) is 14.8. The number of nitrogens with zero attached hydrogens (tertiary/aromatic N) is 3. The van der Waals surface area contributed by atoms with Gasteiger partial charge in [0, 0.05) is 30.5 Å². The van der Waals surface area contributed by atoms with Gasteiger partial charge in [-0.1, -0.05) is 23.9 Å². The monoisotopic (exact) mass is 361 g/mol. The first kappa shape index (κ1) is 18.7. The molecule has 2 aromatic rings. The molecule has 1 amide bonds. The topological polar surface area (TPSA) is 110 Å². The maximum Gasteiger partial charge on any atom is 0.292 e. The fraction of sp³-hybridized carbons (Fsp3) is 0.312. The number of nitrogens with one attached hydrogen (secondary N) is 2. The molecule has 0 unspecified atom stereocenters. The number of carbonyl (C=O) groups is 1. The van der Waals surface area contributed by atoms with Gasteiger partial charge < -0.3 is 10.6 Å². The van der Waals surface area contributed by atoms with Crippen LogP contribution in [0.4, 0.5) is 11.4 Å². The van der Waals surface area contributed by atoms with Crippen molar-refractivity contribution >= 4 is 29.0 Å². The Labute approximate surface area is 149 Å². The van der Waals surface area contributed by atoms with Crippen LogP contribution in [-0.2, 0) is 4.79 Å². The number of nitro groups is 1. The molecule has 9 heteroatoms. The van der Waals surface area contributed by atoms with E-state index in [9.17, 15) is 14.9 Å². The predicted molar refractivity (Wildman–Crippen MR) is 96.8 cm³/mol. The van der Waals surface area contributed by atoms with E-state index in [2.05, 4.69) is 20.6 Å². The number of nitro benzene ring substituents is 1. The standard InChI is InChI=1S/C16H19N5O3S/c1-11-9-12(2)20-16(19-11)25-10-15(22)18-8-7-17-13-5-3-4-6-14(13)21(23)24/h3-6,9,17H,7-8,10H2,1-2H3,(H,18,22). The normalized spacial score (nSPS) is 10.3. The number of rotatable bonds is 8. The Morgan fingerprint density at radius 3 is 2.56 bits per heavy atom. The van der Waals surface area contributed by atoms with Crippen molar-refractivity contribution in [3.8, 4) is 0 Å². The summed E-state index contributed by atoms with van der Waals surface area (Å²) >= 11 is 1.27. The Kier molecular flexibility index (Phi) is 6.70. The van der Waals surface area contributed by atoms with Crippen LogP contribution >= 0.6 is 11.8 Å². The first-order chi connectivity index (χ1) is 12.0. The summed E-state index contributed by atoms with van der Waals surface area (Å²) in [5, 5.41) is 17.2. The SMILES string of the molecule is Cc1cc(C)nc(SCC(=O)NCCNc2ccccc2[N+](=O)[O-])n1. The van der Waals surface area contributed by atoms with Gasteiger partial charge in [-0.15, -0.1) is 0 Å². The lowest BCUT2D eigenvalue weighted by Gasteiger charge is -2.08. The minimum absolute atomic E-state index is 0.0105. The number of hydrogen-bond acceptors (Lipinski definition) is 7. The van der Waals surface area contributed by atoms with Crippen LogP contribution in [0.5, 0.6) is 0 Å². The number of benzene rings is 1. The van der Waals surface area contributed by atoms with E-state index in [1.165, 1.54) is 17.8 Å². The molecule has 0 bridgehead atoms. The number of aryl methyl sites for hydroxylation is 2. The number of anilines is 1. The van der Waals surface area contributed by atoms with Gasteiger partial charge in [0.1, 0.15) is 5.69 Å². The molecule has 0 spiro atoms. The van der Waals surface area contributed by atoms with E-state index in [4.69, 9.17) is 0 Å². The van der Waals surface area contributed by atoms with Crippen molar-refractivity contribution in [2.45, 2.75) is 19.0 Å². The van der Waals surface area contributed by atoms with E-state index in [-0.39, 0.29) is 17.3 Å². The van der Waals surface area contributed by atoms with Crippen LogP contribution in [0.25, 0.3) is 0 Å². The van der Waals surface area contributed by atoms with Crippen molar-refractivity contribution < 1.29 is 9.72 Å². The van der Waals surface area contributed by atoms with Crippen LogP contribution in [0.15, 0.2) is 35.5 Å². The number of hydrogen-bond donors (Lipinski definition) is 2. The average molecular weight is 361 g/mol. The van der Waals surface area contributed by atoms with Crippen LogP contribution in [0.3, 0.4) is 0 Å². The minimum atomic E-state index is -0.443. The Morgan fingerprint density at radius 1 is 1.20 bits per heavy atom. The molecule has 0 aliphatic carbocycles. The molecule has 0 saturated carbocycles. The number of aromatic nitrogens is 2. The summed E-state index contributed by atoms with van der Waals surface area (Å²) in [7, 11) is 0. The van der Waals surface area contributed by atoms with E-state index in [0.29, 0.717) is 23.9 Å². The first-order valence-electron chi connectivity index (χ1n) is 7.65. The number of para-hydroxylation sites is 2. The summed E-state index contributed by atoms with van der Waals surface area (Å²) in [4.78, 5) is 30.8.